The maximum absolute atomic E-state index is 11.8. The molecule has 0 aliphatic carbocycles. The van der Waals surface area contributed by atoms with Crippen LogP contribution in [0.4, 0.5) is 11.4 Å². The second kappa shape index (κ2) is 7.28. The summed E-state index contributed by atoms with van der Waals surface area (Å²) in [5, 5.41) is 8.07. The smallest absolute Gasteiger partial charge is 0.240 e. The van der Waals surface area contributed by atoms with Crippen molar-refractivity contribution in [1.82, 2.24) is 4.90 Å². The molecule has 0 unspecified atom stereocenters. The molecule has 0 bridgehead atoms. The lowest BCUT2D eigenvalue weighted by atomic mass is 10.2. The number of carbonyl (C=O) groups excluding carboxylic acids is 1. The zero-order valence-electron chi connectivity index (χ0n) is 12.3. The van der Waals surface area contributed by atoms with Gasteiger partial charge in [0.25, 0.3) is 0 Å². The molecule has 7 nitrogen and oxygen atoms in total. The lowest BCUT2D eigenvalue weighted by Crippen LogP contribution is -2.31. The van der Waals surface area contributed by atoms with E-state index in [1.54, 1.807) is 11.0 Å². The quantitative estimate of drug-likeness (QED) is 0.636. The van der Waals surface area contributed by atoms with E-state index in [1.165, 1.54) is 12.1 Å². The molecule has 0 radical (unpaired) electrons. The molecule has 0 saturated heterocycles. The van der Waals surface area contributed by atoms with E-state index in [1.807, 2.05) is 13.8 Å². The van der Waals surface area contributed by atoms with Crippen LogP contribution >= 0.6 is 0 Å². The fraction of sp³-hybridized carbons (Fsp3) is 0.462. The Hall–Kier alpha value is -1.80. The van der Waals surface area contributed by atoms with E-state index in [4.69, 9.17) is 10.9 Å². The second-order valence-electron chi connectivity index (χ2n) is 4.54. The molecule has 1 rings (SSSR count). The molecular formula is C13H22N4O3S. The Balaban J connectivity index is 2.62. The van der Waals surface area contributed by atoms with Gasteiger partial charge in [-0.1, -0.05) is 0 Å². The monoisotopic (exact) mass is 314 g/mol. The van der Waals surface area contributed by atoms with Crippen molar-refractivity contribution < 1.29 is 13.2 Å². The number of nitrogens with one attached hydrogen (secondary N) is 1. The topological polar surface area (TPSA) is 119 Å². The number of sulfonamides is 1. The lowest BCUT2D eigenvalue weighted by molar-refractivity contribution is -0.130. The minimum atomic E-state index is -3.82. The minimum absolute atomic E-state index is 0.0710. The number of nitrogens with zero attached hydrogens (tertiary/aromatic N) is 1. The van der Waals surface area contributed by atoms with E-state index < -0.39 is 10.0 Å². The SMILES string of the molecule is CCN(CC)C(=O)CCNc1ccc(S(N)(=O)=O)c(N)c1. The summed E-state index contributed by atoms with van der Waals surface area (Å²) in [5.41, 5.74) is 6.38. The number of hydrogen-bond acceptors (Lipinski definition) is 5. The van der Waals surface area contributed by atoms with E-state index in [0.29, 0.717) is 31.7 Å². The highest BCUT2D eigenvalue weighted by atomic mass is 32.2. The molecule has 0 atom stereocenters. The van der Waals surface area contributed by atoms with Crippen molar-refractivity contribution in [3.8, 4) is 0 Å². The van der Waals surface area contributed by atoms with Crippen molar-refractivity contribution in [3.63, 3.8) is 0 Å². The molecule has 1 amide bonds. The molecular weight excluding hydrogens is 292 g/mol. The maximum atomic E-state index is 11.8. The van der Waals surface area contributed by atoms with Crippen molar-refractivity contribution in [3.05, 3.63) is 18.2 Å². The zero-order valence-corrected chi connectivity index (χ0v) is 13.1. The molecule has 0 aliphatic rings. The average molecular weight is 314 g/mol. The van der Waals surface area contributed by atoms with Gasteiger partial charge >= 0.3 is 0 Å². The summed E-state index contributed by atoms with van der Waals surface area (Å²) in [7, 11) is -3.82. The molecule has 118 valence electrons. The predicted octanol–water partition coefficient (Wildman–Crippen LogP) is 0.587. The molecule has 8 heteroatoms. The average Bonchev–Trinajstić information content (AvgIpc) is 2.38. The largest absolute Gasteiger partial charge is 0.398 e. The number of amides is 1. The first-order valence-corrected chi connectivity index (χ1v) is 8.28. The third-order valence-corrected chi connectivity index (χ3v) is 4.09. The molecule has 21 heavy (non-hydrogen) atoms. The van der Waals surface area contributed by atoms with Crippen LogP contribution in [0.15, 0.2) is 23.1 Å². The third kappa shape index (κ3) is 4.91. The lowest BCUT2D eigenvalue weighted by Gasteiger charge is -2.18. The van der Waals surface area contributed by atoms with Crippen LogP contribution in [0.3, 0.4) is 0 Å². The summed E-state index contributed by atoms with van der Waals surface area (Å²) in [6.45, 7) is 5.68. The number of anilines is 2. The Kier molecular flexibility index (Phi) is 5.98. The van der Waals surface area contributed by atoms with Gasteiger partial charge in [-0.25, -0.2) is 13.6 Å². The number of primary sulfonamides is 1. The van der Waals surface area contributed by atoms with Crippen molar-refractivity contribution in [1.29, 1.82) is 0 Å². The molecule has 5 N–H and O–H groups in total. The van der Waals surface area contributed by atoms with Gasteiger partial charge in [0, 0.05) is 31.7 Å². The second-order valence-corrected chi connectivity index (χ2v) is 6.07. The normalized spacial score (nSPS) is 11.2. The van der Waals surface area contributed by atoms with Gasteiger partial charge in [-0.2, -0.15) is 0 Å². The van der Waals surface area contributed by atoms with E-state index in [0.717, 1.165) is 0 Å². The van der Waals surface area contributed by atoms with Gasteiger partial charge in [0.15, 0.2) is 0 Å². The van der Waals surface area contributed by atoms with Gasteiger partial charge in [-0.15, -0.1) is 0 Å². The highest BCUT2D eigenvalue weighted by Crippen LogP contribution is 2.21. The first kappa shape index (κ1) is 17.3. The van der Waals surface area contributed by atoms with Crippen LogP contribution in [-0.4, -0.2) is 38.9 Å². The van der Waals surface area contributed by atoms with Crippen LogP contribution in [0.1, 0.15) is 20.3 Å². The molecule has 0 aromatic heterocycles. The van der Waals surface area contributed by atoms with Crippen LogP contribution in [0, 0.1) is 0 Å². The fourth-order valence-corrected chi connectivity index (χ4v) is 2.61. The molecule has 0 aliphatic heterocycles. The minimum Gasteiger partial charge on any atom is -0.398 e. The van der Waals surface area contributed by atoms with E-state index in [2.05, 4.69) is 5.32 Å². The van der Waals surface area contributed by atoms with Crippen molar-refractivity contribution >= 4 is 27.3 Å². The van der Waals surface area contributed by atoms with Crippen molar-refractivity contribution in [2.45, 2.75) is 25.2 Å². The van der Waals surface area contributed by atoms with Crippen LogP contribution in [0.25, 0.3) is 0 Å². The van der Waals surface area contributed by atoms with Crippen LogP contribution < -0.4 is 16.2 Å². The first-order chi connectivity index (χ1) is 9.79. The zero-order chi connectivity index (χ0) is 16.0. The Bertz CT molecular complexity index is 597. The molecule has 1 aromatic rings. The number of nitrogens with two attached hydrogens (primary N) is 2. The van der Waals surface area contributed by atoms with Gasteiger partial charge in [0.05, 0.1) is 5.69 Å². The molecule has 0 saturated carbocycles. The maximum Gasteiger partial charge on any atom is 0.240 e. The van der Waals surface area contributed by atoms with Crippen LogP contribution in [-0.2, 0) is 14.8 Å². The van der Waals surface area contributed by atoms with Crippen molar-refractivity contribution in [2.75, 3.05) is 30.7 Å². The Labute approximate surface area is 125 Å². The summed E-state index contributed by atoms with van der Waals surface area (Å²) in [4.78, 5) is 13.5. The van der Waals surface area contributed by atoms with Crippen LogP contribution in [0.5, 0.6) is 0 Å². The molecule has 1 aromatic carbocycles. The Morgan fingerprint density at radius 2 is 1.90 bits per heavy atom. The number of benzene rings is 1. The molecule has 0 fully saturated rings. The van der Waals surface area contributed by atoms with E-state index in [-0.39, 0.29) is 16.5 Å². The molecule has 0 heterocycles. The van der Waals surface area contributed by atoms with Gasteiger partial charge in [-0.3, -0.25) is 4.79 Å². The summed E-state index contributed by atoms with van der Waals surface area (Å²) >= 11 is 0. The number of rotatable bonds is 7. The highest BCUT2D eigenvalue weighted by molar-refractivity contribution is 7.89. The van der Waals surface area contributed by atoms with E-state index >= 15 is 0 Å². The van der Waals surface area contributed by atoms with Gasteiger partial charge in [0.1, 0.15) is 4.90 Å². The molecule has 0 spiro atoms. The standard InChI is InChI=1S/C13H22N4O3S/c1-3-17(4-2)13(18)7-8-16-10-5-6-12(11(14)9-10)21(15,19)20/h5-6,9,16H,3-4,7-8,14H2,1-2H3,(H2,15,19,20). The number of nitrogen functional groups attached to an aromatic ring is 1. The summed E-state index contributed by atoms with van der Waals surface area (Å²) < 4.78 is 22.5. The van der Waals surface area contributed by atoms with Gasteiger partial charge in [0.2, 0.25) is 15.9 Å². The number of hydrogen-bond donors (Lipinski definition) is 3. The summed E-state index contributed by atoms with van der Waals surface area (Å²) in [6, 6.07) is 4.40. The van der Waals surface area contributed by atoms with Gasteiger partial charge < -0.3 is 16.0 Å². The van der Waals surface area contributed by atoms with E-state index in [9.17, 15) is 13.2 Å². The highest BCUT2D eigenvalue weighted by Gasteiger charge is 2.12. The van der Waals surface area contributed by atoms with Crippen molar-refractivity contribution in [2.24, 2.45) is 5.14 Å². The van der Waals surface area contributed by atoms with Crippen LogP contribution in [0.2, 0.25) is 0 Å². The third-order valence-electron chi connectivity index (χ3n) is 3.10. The summed E-state index contributed by atoms with van der Waals surface area (Å²) in [6.07, 6.45) is 0.360. The number of carbonyl (C=O) groups is 1. The first-order valence-electron chi connectivity index (χ1n) is 6.73. The van der Waals surface area contributed by atoms with Gasteiger partial charge in [-0.05, 0) is 32.0 Å². The fourth-order valence-electron chi connectivity index (χ4n) is 1.97. The Morgan fingerprint density at radius 1 is 1.29 bits per heavy atom. The summed E-state index contributed by atoms with van der Waals surface area (Å²) in [5.74, 6) is 0.0710. The predicted molar refractivity (Wildman–Crippen MR) is 83.3 cm³/mol. The Morgan fingerprint density at radius 3 is 2.38 bits per heavy atom.